The Labute approximate surface area is 122 Å². The van der Waals surface area contributed by atoms with Gasteiger partial charge in [-0.15, -0.1) is 11.3 Å². The molecule has 1 aromatic rings. The molecule has 0 aliphatic carbocycles. The van der Waals surface area contributed by atoms with Crippen LogP contribution in [0.1, 0.15) is 27.0 Å². The molecule has 0 aromatic carbocycles. The van der Waals surface area contributed by atoms with E-state index in [1.54, 1.807) is 0 Å². The molecule has 1 fully saturated rings. The average Bonchev–Trinajstić information content (AvgIpc) is 2.77. The zero-order chi connectivity index (χ0) is 13.8. The van der Waals surface area contributed by atoms with Crippen LogP contribution >= 0.6 is 23.1 Å². The van der Waals surface area contributed by atoms with Gasteiger partial charge in [-0.25, -0.2) is 0 Å². The van der Waals surface area contributed by atoms with Crippen LogP contribution in [0.4, 0.5) is 0 Å². The molecule has 2 rings (SSSR count). The molecule has 1 aliphatic heterocycles. The van der Waals surface area contributed by atoms with E-state index in [0.29, 0.717) is 6.04 Å². The number of thioether (sulfide) groups is 1. The van der Waals surface area contributed by atoms with Gasteiger partial charge in [-0.3, -0.25) is 4.79 Å². The highest BCUT2D eigenvalue weighted by molar-refractivity contribution is 7.99. The summed E-state index contributed by atoms with van der Waals surface area (Å²) in [4.78, 5) is 16.0. The molecule has 102 valence electrons. The summed E-state index contributed by atoms with van der Waals surface area (Å²) >= 11 is 3.32. The van der Waals surface area contributed by atoms with Crippen LogP contribution < -0.4 is 0 Å². The van der Waals surface area contributed by atoms with E-state index in [-0.39, 0.29) is 12.5 Å². The number of aliphatic hydroxyl groups is 1. The molecule has 19 heavy (non-hydrogen) atoms. The Balaban J connectivity index is 2.19. The van der Waals surface area contributed by atoms with Gasteiger partial charge >= 0.3 is 0 Å². The highest BCUT2D eigenvalue weighted by Crippen LogP contribution is 2.25. The molecule has 2 heterocycles. The predicted molar refractivity (Wildman–Crippen MR) is 80.8 cm³/mol. The normalized spacial score (nSPS) is 18.9. The highest BCUT2D eigenvalue weighted by atomic mass is 32.2. The van der Waals surface area contributed by atoms with Gasteiger partial charge in [0.2, 0.25) is 0 Å². The first-order valence-corrected chi connectivity index (χ1v) is 8.19. The Kier molecular flexibility index (Phi) is 4.92. The number of hydrogen-bond acceptors (Lipinski definition) is 4. The summed E-state index contributed by atoms with van der Waals surface area (Å²) in [6, 6.07) is 2.20. The molecule has 5 heteroatoms. The largest absolute Gasteiger partial charge is 0.384 e. The van der Waals surface area contributed by atoms with Gasteiger partial charge in [-0.05, 0) is 25.5 Å². The summed E-state index contributed by atoms with van der Waals surface area (Å²) in [6.07, 6.45) is 0. The third-order valence-corrected chi connectivity index (χ3v) is 5.37. The summed E-state index contributed by atoms with van der Waals surface area (Å²) < 4.78 is 0. The van der Waals surface area contributed by atoms with Gasteiger partial charge in [-0.1, -0.05) is 11.8 Å². The quantitative estimate of drug-likeness (QED) is 0.805. The minimum atomic E-state index is -0.152. The van der Waals surface area contributed by atoms with E-state index in [2.05, 4.69) is 18.8 Å². The number of aliphatic hydroxyl groups excluding tert-OH is 1. The molecule has 1 N–H and O–H groups in total. The van der Waals surface area contributed by atoms with E-state index in [1.165, 1.54) is 11.3 Å². The van der Waals surface area contributed by atoms with Crippen LogP contribution in [0.5, 0.6) is 0 Å². The Bertz CT molecular complexity index is 527. The second kappa shape index (κ2) is 6.47. The first kappa shape index (κ1) is 14.4. The topological polar surface area (TPSA) is 40.5 Å². The lowest BCUT2D eigenvalue weighted by molar-refractivity contribution is 0.0721. The lowest BCUT2D eigenvalue weighted by Gasteiger charge is -2.32. The molecule has 0 saturated carbocycles. The van der Waals surface area contributed by atoms with Gasteiger partial charge < -0.3 is 10.0 Å². The Hall–Kier alpha value is -0.960. The molecule has 1 unspecified atom stereocenters. The van der Waals surface area contributed by atoms with Crippen molar-refractivity contribution in [2.24, 2.45) is 0 Å². The van der Waals surface area contributed by atoms with Crippen LogP contribution in [-0.4, -0.2) is 46.6 Å². The maximum Gasteiger partial charge on any atom is 0.264 e. The monoisotopic (exact) mass is 295 g/mol. The van der Waals surface area contributed by atoms with Gasteiger partial charge in [0.25, 0.3) is 5.91 Å². The van der Waals surface area contributed by atoms with Crippen molar-refractivity contribution in [3.05, 3.63) is 21.4 Å². The second-order valence-corrected chi connectivity index (χ2v) is 6.71. The Morgan fingerprint density at radius 1 is 1.63 bits per heavy atom. The van der Waals surface area contributed by atoms with Crippen LogP contribution in [0.3, 0.4) is 0 Å². The van der Waals surface area contributed by atoms with E-state index in [1.807, 2.05) is 29.7 Å². The standard InChI is InChI=1S/C14H17NO2S2/c1-10-8-13(19-12(10)4-3-6-16)14(17)15-5-7-18-9-11(15)2/h8,11,16H,5-7,9H2,1-2H3. The molecular formula is C14H17NO2S2. The van der Waals surface area contributed by atoms with Crippen molar-refractivity contribution in [2.75, 3.05) is 24.7 Å². The molecular weight excluding hydrogens is 278 g/mol. The molecule has 0 spiro atoms. The summed E-state index contributed by atoms with van der Waals surface area (Å²) in [5.74, 6) is 7.66. The molecule has 1 aromatic heterocycles. The minimum absolute atomic E-state index is 0.109. The van der Waals surface area contributed by atoms with Crippen LogP contribution in [0, 0.1) is 18.8 Å². The number of carbonyl (C=O) groups excluding carboxylic acids is 1. The highest BCUT2D eigenvalue weighted by Gasteiger charge is 2.25. The smallest absolute Gasteiger partial charge is 0.264 e. The van der Waals surface area contributed by atoms with Crippen LogP contribution in [-0.2, 0) is 0 Å². The first-order valence-electron chi connectivity index (χ1n) is 6.22. The van der Waals surface area contributed by atoms with Crippen LogP contribution in [0.25, 0.3) is 0 Å². The van der Waals surface area contributed by atoms with Gasteiger partial charge in [0, 0.05) is 24.1 Å². The second-order valence-electron chi connectivity index (χ2n) is 4.51. The molecule has 1 saturated heterocycles. The van der Waals surface area contributed by atoms with E-state index in [0.717, 1.165) is 33.4 Å². The maximum atomic E-state index is 12.5. The molecule has 0 bridgehead atoms. The van der Waals surface area contributed by atoms with Crippen molar-refractivity contribution >= 4 is 29.0 Å². The van der Waals surface area contributed by atoms with Crippen molar-refractivity contribution in [1.82, 2.24) is 4.90 Å². The number of aryl methyl sites for hydroxylation is 1. The Morgan fingerprint density at radius 2 is 2.42 bits per heavy atom. The van der Waals surface area contributed by atoms with Gasteiger partial charge in [0.1, 0.15) is 6.61 Å². The zero-order valence-electron chi connectivity index (χ0n) is 11.1. The number of rotatable bonds is 1. The van der Waals surface area contributed by atoms with Crippen molar-refractivity contribution in [3.63, 3.8) is 0 Å². The third-order valence-electron chi connectivity index (χ3n) is 3.04. The molecule has 3 nitrogen and oxygen atoms in total. The number of carbonyl (C=O) groups is 1. The molecule has 1 atom stereocenters. The molecule has 0 radical (unpaired) electrons. The maximum absolute atomic E-state index is 12.5. The summed E-state index contributed by atoms with van der Waals surface area (Å²) in [7, 11) is 0. The van der Waals surface area contributed by atoms with Gasteiger partial charge in [0.05, 0.1) is 9.75 Å². The Morgan fingerprint density at radius 3 is 3.11 bits per heavy atom. The SMILES string of the molecule is Cc1cc(C(=O)N2CCSCC2C)sc1C#CCO. The summed E-state index contributed by atoms with van der Waals surface area (Å²) in [5, 5.41) is 8.73. The van der Waals surface area contributed by atoms with Crippen molar-refractivity contribution < 1.29 is 9.90 Å². The minimum Gasteiger partial charge on any atom is -0.384 e. The number of amides is 1. The first-order chi connectivity index (χ1) is 9.13. The van der Waals surface area contributed by atoms with Crippen LogP contribution in [0.2, 0.25) is 0 Å². The van der Waals surface area contributed by atoms with Crippen LogP contribution in [0.15, 0.2) is 6.07 Å². The fraction of sp³-hybridized carbons (Fsp3) is 0.500. The fourth-order valence-electron chi connectivity index (χ4n) is 2.00. The number of thiophene rings is 1. The number of hydrogen-bond donors (Lipinski definition) is 1. The van der Waals surface area contributed by atoms with Gasteiger partial charge in [-0.2, -0.15) is 11.8 Å². The average molecular weight is 295 g/mol. The lowest BCUT2D eigenvalue weighted by atomic mass is 10.2. The third kappa shape index (κ3) is 3.33. The van der Waals surface area contributed by atoms with Gasteiger partial charge in [0.15, 0.2) is 0 Å². The van der Waals surface area contributed by atoms with E-state index < -0.39 is 0 Å². The zero-order valence-corrected chi connectivity index (χ0v) is 12.7. The fourth-order valence-corrected chi connectivity index (χ4v) is 4.02. The van der Waals surface area contributed by atoms with Crippen molar-refractivity contribution in [3.8, 4) is 11.8 Å². The van der Waals surface area contributed by atoms with E-state index in [9.17, 15) is 4.79 Å². The van der Waals surface area contributed by atoms with Crippen molar-refractivity contribution in [1.29, 1.82) is 0 Å². The summed E-state index contributed by atoms with van der Waals surface area (Å²) in [6.45, 7) is 4.71. The van der Waals surface area contributed by atoms with E-state index in [4.69, 9.17) is 5.11 Å². The van der Waals surface area contributed by atoms with Crippen molar-refractivity contribution in [2.45, 2.75) is 19.9 Å². The molecule has 1 aliphatic rings. The molecule has 1 amide bonds. The summed E-state index contributed by atoms with van der Waals surface area (Å²) in [5.41, 5.74) is 1.01. The lowest BCUT2D eigenvalue weighted by Crippen LogP contribution is -2.44. The van der Waals surface area contributed by atoms with E-state index >= 15 is 0 Å². The predicted octanol–water partition coefficient (Wildman–Crippen LogP) is 1.98. The number of nitrogens with zero attached hydrogens (tertiary/aromatic N) is 1.